The summed E-state index contributed by atoms with van der Waals surface area (Å²) in [4.78, 5) is 33.0. The summed E-state index contributed by atoms with van der Waals surface area (Å²) in [6.07, 6.45) is 1.60. The van der Waals surface area contributed by atoms with Crippen molar-refractivity contribution in [1.29, 1.82) is 5.26 Å². The normalized spacial score (nSPS) is 10.7. The number of primary amides is 1. The first kappa shape index (κ1) is 21.6. The summed E-state index contributed by atoms with van der Waals surface area (Å²) < 4.78 is 15.4. The third-order valence-corrected chi connectivity index (χ3v) is 5.16. The fourth-order valence-electron chi connectivity index (χ4n) is 3.49. The Labute approximate surface area is 187 Å². The van der Waals surface area contributed by atoms with E-state index in [1.807, 2.05) is 13.0 Å². The number of hydrogen-bond donors (Lipinski definition) is 2. The van der Waals surface area contributed by atoms with E-state index in [9.17, 15) is 14.0 Å². The van der Waals surface area contributed by atoms with Crippen molar-refractivity contribution >= 4 is 28.4 Å². The zero-order chi connectivity index (χ0) is 23.7. The molecular formula is C23H18FN7O2. The minimum absolute atomic E-state index is 0.136. The Balaban J connectivity index is 1.67. The van der Waals surface area contributed by atoms with Crippen LogP contribution in [0.25, 0.3) is 10.9 Å². The molecule has 0 fully saturated rings. The monoisotopic (exact) mass is 443 g/mol. The average Bonchev–Trinajstić information content (AvgIpc) is 3.05. The van der Waals surface area contributed by atoms with Gasteiger partial charge in [-0.2, -0.15) is 10.4 Å². The second-order valence-electron chi connectivity index (χ2n) is 7.40. The molecule has 164 valence electrons. The molecule has 1 aromatic carbocycles. The highest BCUT2D eigenvalue weighted by Crippen LogP contribution is 2.24. The smallest absolute Gasteiger partial charge is 0.267 e. The van der Waals surface area contributed by atoms with Crippen LogP contribution in [0.5, 0.6) is 0 Å². The summed E-state index contributed by atoms with van der Waals surface area (Å²) in [6.45, 7) is 3.96. The molecule has 33 heavy (non-hydrogen) atoms. The molecule has 3 N–H and O–H groups in total. The summed E-state index contributed by atoms with van der Waals surface area (Å²) in [5, 5.41) is 16.6. The van der Waals surface area contributed by atoms with Crippen LogP contribution in [0.4, 0.5) is 10.1 Å². The zero-order valence-electron chi connectivity index (χ0n) is 17.8. The lowest BCUT2D eigenvalue weighted by atomic mass is 10.1. The fourth-order valence-corrected chi connectivity index (χ4v) is 3.49. The van der Waals surface area contributed by atoms with Gasteiger partial charge in [-0.25, -0.2) is 14.4 Å². The molecule has 10 heteroatoms. The van der Waals surface area contributed by atoms with Crippen LogP contribution in [0.3, 0.4) is 0 Å². The van der Waals surface area contributed by atoms with Crippen LogP contribution in [0.15, 0.2) is 42.6 Å². The molecule has 2 amide bonds. The number of nitrogens with two attached hydrogens (primary N) is 1. The van der Waals surface area contributed by atoms with Crippen LogP contribution in [-0.2, 0) is 6.54 Å². The van der Waals surface area contributed by atoms with Crippen molar-refractivity contribution in [3.05, 3.63) is 82.3 Å². The van der Waals surface area contributed by atoms with Gasteiger partial charge in [-0.05, 0) is 43.7 Å². The Kier molecular flexibility index (Phi) is 5.54. The van der Waals surface area contributed by atoms with E-state index in [-0.39, 0.29) is 16.8 Å². The third kappa shape index (κ3) is 4.24. The zero-order valence-corrected chi connectivity index (χ0v) is 17.8. The van der Waals surface area contributed by atoms with E-state index < -0.39 is 17.6 Å². The molecule has 0 atom stereocenters. The predicted octanol–water partition coefficient (Wildman–Crippen LogP) is 2.85. The summed E-state index contributed by atoms with van der Waals surface area (Å²) in [7, 11) is 0. The molecule has 0 saturated heterocycles. The first-order chi connectivity index (χ1) is 15.8. The number of carbonyl (C=O) groups excluding carboxylic acids is 2. The lowest BCUT2D eigenvalue weighted by Crippen LogP contribution is -2.18. The number of pyridine rings is 2. The molecule has 3 heterocycles. The molecule has 0 aliphatic heterocycles. The quantitative estimate of drug-likeness (QED) is 0.486. The van der Waals surface area contributed by atoms with Gasteiger partial charge in [-0.3, -0.25) is 14.3 Å². The topological polar surface area (TPSA) is 140 Å². The van der Waals surface area contributed by atoms with Crippen molar-refractivity contribution in [2.45, 2.75) is 20.4 Å². The van der Waals surface area contributed by atoms with Crippen LogP contribution < -0.4 is 11.1 Å². The number of hydrogen-bond acceptors (Lipinski definition) is 6. The Bertz CT molecular complexity index is 1450. The molecule has 4 rings (SSSR count). The summed E-state index contributed by atoms with van der Waals surface area (Å²) in [5.41, 5.74) is 8.44. The highest BCUT2D eigenvalue weighted by Gasteiger charge is 2.20. The van der Waals surface area contributed by atoms with Crippen molar-refractivity contribution in [3.63, 3.8) is 0 Å². The van der Waals surface area contributed by atoms with Gasteiger partial charge in [0.25, 0.3) is 11.8 Å². The van der Waals surface area contributed by atoms with Gasteiger partial charge in [0.2, 0.25) is 0 Å². The molecular weight excluding hydrogens is 425 g/mol. The number of anilines is 1. The van der Waals surface area contributed by atoms with Crippen molar-refractivity contribution < 1.29 is 14.0 Å². The van der Waals surface area contributed by atoms with E-state index in [2.05, 4.69) is 20.4 Å². The third-order valence-electron chi connectivity index (χ3n) is 5.16. The number of rotatable bonds is 5. The van der Waals surface area contributed by atoms with Gasteiger partial charge in [0.05, 0.1) is 34.7 Å². The van der Waals surface area contributed by atoms with Gasteiger partial charge < -0.3 is 11.1 Å². The molecule has 4 aromatic rings. The van der Waals surface area contributed by atoms with Crippen molar-refractivity contribution in [2.75, 3.05) is 5.32 Å². The molecule has 0 spiro atoms. The first-order valence-corrected chi connectivity index (χ1v) is 9.87. The highest BCUT2D eigenvalue weighted by molar-refractivity contribution is 6.14. The van der Waals surface area contributed by atoms with Gasteiger partial charge in [-0.15, -0.1) is 0 Å². The van der Waals surface area contributed by atoms with Gasteiger partial charge in [-0.1, -0.05) is 6.07 Å². The first-order valence-electron chi connectivity index (χ1n) is 9.87. The summed E-state index contributed by atoms with van der Waals surface area (Å²) >= 11 is 0. The van der Waals surface area contributed by atoms with E-state index in [0.717, 1.165) is 11.6 Å². The number of amides is 2. The molecule has 0 saturated carbocycles. The van der Waals surface area contributed by atoms with Crippen molar-refractivity contribution in [1.82, 2.24) is 19.7 Å². The minimum atomic E-state index is -0.827. The van der Waals surface area contributed by atoms with E-state index in [4.69, 9.17) is 11.0 Å². The number of aromatic nitrogens is 4. The maximum atomic E-state index is 13.7. The number of carbonyl (C=O) groups is 2. The van der Waals surface area contributed by atoms with Crippen molar-refractivity contribution in [3.8, 4) is 6.07 Å². The lowest BCUT2D eigenvalue weighted by molar-refractivity contribution is 0.0996. The Morgan fingerprint density at radius 2 is 2.00 bits per heavy atom. The Morgan fingerprint density at radius 3 is 2.67 bits per heavy atom. The van der Waals surface area contributed by atoms with E-state index in [0.29, 0.717) is 34.7 Å². The second kappa shape index (κ2) is 8.47. The average molecular weight is 443 g/mol. The second-order valence-corrected chi connectivity index (χ2v) is 7.40. The lowest BCUT2D eigenvalue weighted by Gasteiger charge is -2.10. The van der Waals surface area contributed by atoms with E-state index >= 15 is 0 Å². The SMILES string of the molecule is Cc1nn(Cc2ccc(C#N)nc2)c(C)c1NC(=O)c1cc(C(N)=O)nc2cc(F)ccc12. The summed E-state index contributed by atoms with van der Waals surface area (Å²) in [6, 6.07) is 10.4. The number of halogens is 1. The number of nitrogens with zero attached hydrogens (tertiary/aromatic N) is 5. The molecule has 0 bridgehead atoms. The van der Waals surface area contributed by atoms with Crippen LogP contribution in [0, 0.1) is 31.0 Å². The largest absolute Gasteiger partial charge is 0.364 e. The Morgan fingerprint density at radius 1 is 1.21 bits per heavy atom. The van der Waals surface area contributed by atoms with Gasteiger partial charge in [0.1, 0.15) is 23.3 Å². The van der Waals surface area contributed by atoms with Gasteiger partial charge in [0, 0.05) is 17.6 Å². The van der Waals surface area contributed by atoms with Crippen LogP contribution in [0.1, 0.15) is 43.5 Å². The molecule has 0 radical (unpaired) electrons. The maximum Gasteiger partial charge on any atom is 0.267 e. The van der Waals surface area contributed by atoms with Crippen LogP contribution in [0.2, 0.25) is 0 Å². The van der Waals surface area contributed by atoms with E-state index in [1.165, 1.54) is 18.2 Å². The number of fused-ring (bicyclic) bond motifs is 1. The molecule has 0 aliphatic carbocycles. The van der Waals surface area contributed by atoms with Crippen LogP contribution >= 0.6 is 0 Å². The predicted molar refractivity (Wildman–Crippen MR) is 118 cm³/mol. The number of nitriles is 1. The fraction of sp³-hybridized carbons (Fsp3) is 0.130. The molecule has 3 aromatic heterocycles. The molecule has 9 nitrogen and oxygen atoms in total. The van der Waals surface area contributed by atoms with E-state index in [1.54, 1.807) is 29.9 Å². The van der Waals surface area contributed by atoms with Gasteiger partial charge in [0.15, 0.2) is 0 Å². The molecule has 0 aliphatic rings. The standard InChI is InChI=1S/C23H18FN7O2/c1-12-21(13(2)31(30-12)11-14-3-5-16(9-25)27-10-14)29-23(33)18-8-20(22(26)32)28-19-7-15(24)4-6-17(18)19/h3-8,10H,11H2,1-2H3,(H2,26,32)(H,29,33). The molecule has 0 unspecified atom stereocenters. The number of aryl methyl sites for hydroxylation is 1. The highest BCUT2D eigenvalue weighted by atomic mass is 19.1. The van der Waals surface area contributed by atoms with Crippen LogP contribution in [-0.4, -0.2) is 31.6 Å². The maximum absolute atomic E-state index is 13.7. The number of nitrogens with one attached hydrogen (secondary N) is 1. The van der Waals surface area contributed by atoms with Gasteiger partial charge >= 0.3 is 0 Å². The number of benzene rings is 1. The minimum Gasteiger partial charge on any atom is -0.364 e. The van der Waals surface area contributed by atoms with Crippen molar-refractivity contribution in [2.24, 2.45) is 5.73 Å². The Hall–Kier alpha value is -4.65. The summed E-state index contributed by atoms with van der Waals surface area (Å²) in [5.74, 6) is -1.89.